The van der Waals surface area contributed by atoms with Gasteiger partial charge in [-0.2, -0.15) is 0 Å². The molecule has 0 amide bonds. The van der Waals surface area contributed by atoms with Gasteiger partial charge < -0.3 is 4.42 Å². The number of ketones is 1. The van der Waals surface area contributed by atoms with Gasteiger partial charge in [-0.25, -0.2) is 0 Å². The molecular weight excluding hydrogens is 212 g/mol. The van der Waals surface area contributed by atoms with E-state index in [-0.39, 0.29) is 5.78 Å². The number of carbonyl (C=O) groups is 1. The van der Waals surface area contributed by atoms with Crippen molar-refractivity contribution in [3.05, 3.63) is 47.7 Å². The molecule has 2 nitrogen and oxygen atoms in total. The van der Waals surface area contributed by atoms with Gasteiger partial charge in [-0.3, -0.25) is 4.79 Å². The van der Waals surface area contributed by atoms with Gasteiger partial charge in [0.1, 0.15) is 5.58 Å². The summed E-state index contributed by atoms with van der Waals surface area (Å²) in [5, 5.41) is 0.993. The lowest BCUT2D eigenvalue weighted by atomic mass is 9.95. The van der Waals surface area contributed by atoms with Crippen LogP contribution in [0, 0.1) is 0 Å². The lowest BCUT2D eigenvalue weighted by molar-refractivity contribution is 0.100. The van der Waals surface area contributed by atoms with E-state index in [1.54, 1.807) is 0 Å². The maximum Gasteiger partial charge on any atom is 0.223 e. The molecule has 0 fully saturated rings. The third-order valence-electron chi connectivity index (χ3n) is 3.23. The van der Waals surface area contributed by atoms with Crippen LogP contribution in [-0.4, -0.2) is 5.78 Å². The van der Waals surface area contributed by atoms with Crippen LogP contribution in [0.15, 0.2) is 46.4 Å². The van der Waals surface area contributed by atoms with E-state index in [0.29, 0.717) is 5.76 Å². The van der Waals surface area contributed by atoms with Crippen molar-refractivity contribution in [2.45, 2.75) is 25.7 Å². The van der Waals surface area contributed by atoms with E-state index in [1.807, 2.05) is 30.3 Å². The van der Waals surface area contributed by atoms with Crippen LogP contribution in [0.3, 0.4) is 0 Å². The van der Waals surface area contributed by atoms with E-state index in [9.17, 15) is 4.79 Å². The standard InChI is InChI=1S/C15H14O2/c16-15(11-6-2-1-3-7-11)14-10-12-8-4-5-9-13(12)17-14/h4-6,8-10H,1-3,7H2. The minimum Gasteiger partial charge on any atom is -0.453 e. The second-order valence-electron chi connectivity index (χ2n) is 4.45. The van der Waals surface area contributed by atoms with Crippen LogP contribution in [0.2, 0.25) is 0 Å². The summed E-state index contributed by atoms with van der Waals surface area (Å²) in [5.41, 5.74) is 1.70. The summed E-state index contributed by atoms with van der Waals surface area (Å²) in [6.07, 6.45) is 6.25. The molecule has 2 heteroatoms. The van der Waals surface area contributed by atoms with Crippen LogP contribution in [0.5, 0.6) is 0 Å². The molecule has 17 heavy (non-hydrogen) atoms. The van der Waals surface area contributed by atoms with Crippen molar-refractivity contribution in [1.82, 2.24) is 0 Å². The average Bonchev–Trinajstić information content (AvgIpc) is 2.82. The monoisotopic (exact) mass is 226 g/mol. The molecule has 0 radical (unpaired) electrons. The van der Waals surface area contributed by atoms with Crippen molar-refractivity contribution >= 4 is 16.8 Å². The summed E-state index contributed by atoms with van der Waals surface area (Å²) in [5.74, 6) is 0.528. The zero-order valence-electron chi connectivity index (χ0n) is 9.61. The van der Waals surface area contributed by atoms with E-state index in [1.165, 1.54) is 6.42 Å². The Balaban J connectivity index is 1.98. The van der Waals surface area contributed by atoms with Crippen molar-refractivity contribution in [2.24, 2.45) is 0 Å². The van der Waals surface area contributed by atoms with Crippen LogP contribution in [0.1, 0.15) is 36.2 Å². The van der Waals surface area contributed by atoms with E-state index in [0.717, 1.165) is 35.8 Å². The fourth-order valence-corrected chi connectivity index (χ4v) is 2.30. The van der Waals surface area contributed by atoms with Crippen molar-refractivity contribution in [3.8, 4) is 0 Å². The largest absolute Gasteiger partial charge is 0.453 e. The van der Waals surface area contributed by atoms with Gasteiger partial charge in [0.15, 0.2) is 5.76 Å². The molecule has 1 aliphatic rings. The highest BCUT2D eigenvalue weighted by Crippen LogP contribution is 2.25. The Kier molecular flexibility index (Phi) is 2.56. The number of fused-ring (bicyclic) bond motifs is 1. The average molecular weight is 226 g/mol. The topological polar surface area (TPSA) is 30.2 Å². The first-order valence-electron chi connectivity index (χ1n) is 6.07. The second kappa shape index (κ2) is 4.21. The molecule has 1 aromatic carbocycles. The first-order chi connectivity index (χ1) is 8.34. The molecule has 2 aromatic rings. The Bertz CT molecular complexity index is 557. The molecule has 1 aliphatic carbocycles. The number of furan rings is 1. The Morgan fingerprint density at radius 3 is 2.82 bits per heavy atom. The summed E-state index contributed by atoms with van der Waals surface area (Å²) >= 11 is 0. The van der Waals surface area contributed by atoms with E-state index >= 15 is 0 Å². The summed E-state index contributed by atoms with van der Waals surface area (Å²) in [6.45, 7) is 0. The molecular formula is C15H14O2. The molecule has 0 bridgehead atoms. The zero-order valence-corrected chi connectivity index (χ0v) is 9.61. The van der Waals surface area contributed by atoms with Gasteiger partial charge in [-0.1, -0.05) is 24.3 Å². The summed E-state index contributed by atoms with van der Waals surface area (Å²) in [4.78, 5) is 12.2. The molecule has 0 saturated heterocycles. The van der Waals surface area contributed by atoms with E-state index in [4.69, 9.17) is 4.42 Å². The minimum atomic E-state index is 0.0564. The zero-order chi connectivity index (χ0) is 11.7. The molecule has 0 atom stereocenters. The van der Waals surface area contributed by atoms with E-state index < -0.39 is 0 Å². The molecule has 0 saturated carbocycles. The van der Waals surface area contributed by atoms with Gasteiger partial charge in [0.25, 0.3) is 0 Å². The second-order valence-corrected chi connectivity index (χ2v) is 4.45. The fraction of sp³-hybridized carbons (Fsp3) is 0.267. The molecule has 1 heterocycles. The smallest absolute Gasteiger partial charge is 0.223 e. The number of rotatable bonds is 2. The van der Waals surface area contributed by atoms with Crippen molar-refractivity contribution < 1.29 is 9.21 Å². The number of Topliss-reactive ketones (excluding diaryl/α,β-unsaturated/α-hetero) is 1. The summed E-state index contributed by atoms with van der Waals surface area (Å²) < 4.78 is 5.59. The quantitative estimate of drug-likeness (QED) is 0.721. The minimum absolute atomic E-state index is 0.0564. The number of carbonyl (C=O) groups excluding carboxylic acids is 1. The van der Waals surface area contributed by atoms with Gasteiger partial charge >= 0.3 is 0 Å². The maximum atomic E-state index is 12.2. The van der Waals surface area contributed by atoms with Crippen molar-refractivity contribution in [3.63, 3.8) is 0 Å². The number of para-hydroxylation sites is 1. The lowest BCUT2D eigenvalue weighted by Gasteiger charge is -2.09. The number of benzene rings is 1. The van der Waals surface area contributed by atoms with Crippen LogP contribution >= 0.6 is 0 Å². The van der Waals surface area contributed by atoms with Gasteiger partial charge in [0.05, 0.1) is 0 Å². The van der Waals surface area contributed by atoms with E-state index in [2.05, 4.69) is 6.08 Å². The van der Waals surface area contributed by atoms with Crippen molar-refractivity contribution in [2.75, 3.05) is 0 Å². The molecule has 1 aromatic heterocycles. The molecule has 0 aliphatic heterocycles. The Morgan fingerprint density at radius 1 is 1.18 bits per heavy atom. The van der Waals surface area contributed by atoms with Gasteiger partial charge in [0.2, 0.25) is 5.78 Å². The third kappa shape index (κ3) is 1.91. The number of hydrogen-bond acceptors (Lipinski definition) is 2. The highest BCUT2D eigenvalue weighted by atomic mass is 16.3. The Morgan fingerprint density at radius 2 is 2.06 bits per heavy atom. The molecule has 0 N–H and O–H groups in total. The van der Waals surface area contributed by atoms with Gasteiger partial charge in [0, 0.05) is 5.39 Å². The first kappa shape index (κ1) is 10.3. The normalized spacial score (nSPS) is 15.9. The fourth-order valence-electron chi connectivity index (χ4n) is 2.30. The number of allylic oxidation sites excluding steroid dienone is 2. The Hall–Kier alpha value is -1.83. The summed E-state index contributed by atoms with van der Waals surface area (Å²) in [6, 6.07) is 9.56. The maximum absolute atomic E-state index is 12.2. The molecule has 86 valence electrons. The predicted octanol–water partition coefficient (Wildman–Crippen LogP) is 4.12. The molecule has 3 rings (SSSR count). The highest BCUT2D eigenvalue weighted by molar-refractivity contribution is 6.08. The first-order valence-corrected chi connectivity index (χ1v) is 6.07. The third-order valence-corrected chi connectivity index (χ3v) is 3.23. The predicted molar refractivity (Wildman–Crippen MR) is 67.1 cm³/mol. The SMILES string of the molecule is O=C(C1=CCCCC1)c1cc2ccccc2o1. The highest BCUT2D eigenvalue weighted by Gasteiger charge is 2.18. The van der Waals surface area contributed by atoms with Crippen LogP contribution in [0.4, 0.5) is 0 Å². The Labute approximate surface area is 99.9 Å². The van der Waals surface area contributed by atoms with Gasteiger partial charge in [-0.15, -0.1) is 0 Å². The lowest BCUT2D eigenvalue weighted by Crippen LogP contribution is -2.05. The van der Waals surface area contributed by atoms with Gasteiger partial charge in [-0.05, 0) is 43.4 Å². The van der Waals surface area contributed by atoms with Crippen LogP contribution in [0.25, 0.3) is 11.0 Å². The molecule has 0 unspecified atom stereocenters. The summed E-state index contributed by atoms with van der Waals surface area (Å²) in [7, 11) is 0. The molecule has 0 spiro atoms. The van der Waals surface area contributed by atoms with Crippen LogP contribution in [-0.2, 0) is 0 Å². The number of hydrogen-bond donors (Lipinski definition) is 0. The van der Waals surface area contributed by atoms with Crippen molar-refractivity contribution in [1.29, 1.82) is 0 Å². The van der Waals surface area contributed by atoms with Crippen LogP contribution < -0.4 is 0 Å².